The topological polar surface area (TPSA) is 109 Å². The lowest BCUT2D eigenvalue weighted by Gasteiger charge is -2.20. The molecule has 0 saturated carbocycles. The van der Waals surface area contributed by atoms with Crippen molar-refractivity contribution < 1.29 is 31.1 Å². The summed E-state index contributed by atoms with van der Waals surface area (Å²) in [4.78, 5) is 5.11. The van der Waals surface area contributed by atoms with Crippen LogP contribution in [0.1, 0.15) is 0 Å². The van der Waals surface area contributed by atoms with Crippen LogP contribution in [0.2, 0.25) is 0 Å². The Bertz CT molecular complexity index is 6290. The van der Waals surface area contributed by atoms with Gasteiger partial charge in [-0.15, -0.1) is 0 Å². The van der Waals surface area contributed by atoms with E-state index in [2.05, 4.69) is 97.1 Å². The van der Waals surface area contributed by atoms with Crippen molar-refractivity contribution in [1.29, 1.82) is 0 Å². The third-order valence-corrected chi connectivity index (χ3v) is 21.3. The van der Waals surface area contributed by atoms with Crippen molar-refractivity contribution in [3.8, 4) is 44.8 Å². The molecule has 0 spiro atoms. The highest BCUT2D eigenvalue weighted by Crippen LogP contribution is 2.51. The Kier molecular flexibility index (Phi) is 11.5. The molecule has 0 unspecified atom stereocenters. The number of hydrogen-bond acceptors (Lipinski definition) is 8. The molecule has 9 heteroatoms. The number of pyridine rings is 1. The first-order valence-electron chi connectivity index (χ1n) is 30.7. The van der Waals surface area contributed by atoms with E-state index in [0.717, 1.165) is 192 Å². The molecule has 432 valence electrons. The maximum absolute atomic E-state index is 15.0. The van der Waals surface area contributed by atoms with Crippen LogP contribution < -0.4 is 15.9 Å². The zero-order valence-electron chi connectivity index (χ0n) is 49.0. The number of rotatable bonds is 7. The highest BCUT2D eigenvalue weighted by molar-refractivity contribution is 7.85. The Labute approximate surface area is 523 Å². The van der Waals surface area contributed by atoms with E-state index in [1.165, 1.54) is 0 Å². The first-order valence-corrected chi connectivity index (χ1v) is 32.4. The minimum atomic E-state index is -3.11. The van der Waals surface area contributed by atoms with Crippen LogP contribution in [0.3, 0.4) is 0 Å². The molecule has 0 aliphatic heterocycles. The number of para-hydroxylation sites is 4. The second-order valence-corrected chi connectivity index (χ2v) is 26.2. The van der Waals surface area contributed by atoms with E-state index < -0.39 is 7.14 Å². The van der Waals surface area contributed by atoms with Gasteiger partial charge in [0, 0.05) is 92.0 Å². The average Bonchev–Trinajstić information content (AvgIpc) is 1.55. The van der Waals surface area contributed by atoms with Crippen LogP contribution in [-0.4, -0.2) is 4.98 Å². The number of furan rings is 6. The molecule has 0 radical (unpaired) electrons. The van der Waals surface area contributed by atoms with Gasteiger partial charge in [-0.1, -0.05) is 218 Å². The lowest BCUT2D eigenvalue weighted by molar-refractivity contribution is 0.592. The Morgan fingerprint density at radius 1 is 0.228 bits per heavy atom. The molecule has 0 atom stereocenters. The summed E-state index contributed by atoms with van der Waals surface area (Å²) in [5, 5.41) is 14.6. The fourth-order valence-corrected chi connectivity index (χ4v) is 16.7. The van der Waals surface area contributed by atoms with E-state index in [1.54, 1.807) is 0 Å². The van der Waals surface area contributed by atoms with Crippen molar-refractivity contribution in [2.75, 3.05) is 0 Å². The summed E-state index contributed by atoms with van der Waals surface area (Å²) in [5.41, 5.74) is 17.3. The van der Waals surface area contributed by atoms with Crippen molar-refractivity contribution in [3.05, 3.63) is 291 Å². The van der Waals surface area contributed by atoms with Gasteiger partial charge >= 0.3 is 0 Å². The van der Waals surface area contributed by atoms with Crippen LogP contribution in [-0.2, 0) is 4.57 Å². The standard InChI is InChI=1S/C42H25O4P.C41H23NO3/c43-47(27-11-3-1-4-12-27,28-13-5-2-6-14-28)29-21-19-26(20-22-29)33-25-37-39(38-32-16-8-10-18-35(32)46-42(33)38)40-36(44-37)24-23-31-30-15-7-9-17-34(30)45-41(31)40;1-3-11-24(12-4-1)31-21-26(22-32(42-31)25-13-5-2-6-14-25)30-23-36-38(37-29-16-8-10-18-34(29)45-41(30)37)39-35(43-36)20-19-28-27-15-7-9-17-33(27)44-40(28)39/h1-25H;1-23H. The maximum Gasteiger partial charge on any atom is 0.171 e. The largest absolute Gasteiger partial charge is 0.456 e. The third-order valence-electron chi connectivity index (χ3n) is 18.2. The summed E-state index contributed by atoms with van der Waals surface area (Å²) in [5.74, 6) is 0. The lowest BCUT2D eigenvalue weighted by atomic mass is 9.95. The van der Waals surface area contributed by atoms with Gasteiger partial charge in [-0.05, 0) is 83.9 Å². The van der Waals surface area contributed by atoms with Crippen molar-refractivity contribution >= 4 is 155 Å². The van der Waals surface area contributed by atoms with E-state index in [0.29, 0.717) is 0 Å². The molecule has 0 aliphatic carbocycles. The predicted octanol–water partition coefficient (Wildman–Crippen LogP) is 22.5. The van der Waals surface area contributed by atoms with Gasteiger partial charge < -0.3 is 31.1 Å². The summed E-state index contributed by atoms with van der Waals surface area (Å²) in [7, 11) is -3.11. The molecule has 0 fully saturated rings. The van der Waals surface area contributed by atoms with Crippen LogP contribution in [0.25, 0.3) is 176 Å². The number of benzene rings is 13. The average molecular weight is 1200 g/mol. The summed E-state index contributed by atoms with van der Waals surface area (Å²) in [6, 6.07) is 97.6. The van der Waals surface area contributed by atoms with Gasteiger partial charge in [-0.2, -0.15) is 0 Å². The van der Waals surface area contributed by atoms with Gasteiger partial charge in [-0.25, -0.2) is 4.98 Å². The highest BCUT2D eigenvalue weighted by Gasteiger charge is 2.31. The molecule has 13 aromatic carbocycles. The first kappa shape index (κ1) is 52.0. The molecule has 0 aliphatic rings. The van der Waals surface area contributed by atoms with Crippen LogP contribution in [0.4, 0.5) is 0 Å². The lowest BCUT2D eigenvalue weighted by Crippen LogP contribution is -2.24. The Morgan fingerprint density at radius 2 is 0.587 bits per heavy atom. The Hall–Kier alpha value is -12.0. The highest BCUT2D eigenvalue weighted by atomic mass is 31.2. The molecular weight excluding hydrogens is 1150 g/mol. The van der Waals surface area contributed by atoms with Crippen molar-refractivity contribution in [2.45, 2.75) is 0 Å². The van der Waals surface area contributed by atoms with Crippen LogP contribution in [0, 0.1) is 0 Å². The number of fused-ring (bicyclic) bond motifs is 22. The first-order chi connectivity index (χ1) is 45.5. The SMILES string of the molecule is O=P(c1ccccc1)(c1ccccc1)c1ccc(-c2cc3oc4ccc5c6ccccc6oc5c4c3c3c2oc2ccccc23)cc1.c1ccc(-c2cc(-c3cc4oc5ccc6c7ccccc7oc6c5c4c4c3oc3ccccc34)cc(-c3ccccc3)n2)cc1. The van der Waals surface area contributed by atoms with Crippen LogP contribution >= 0.6 is 7.14 Å². The maximum atomic E-state index is 15.0. The van der Waals surface area contributed by atoms with Crippen LogP contribution in [0.15, 0.2) is 318 Å². The van der Waals surface area contributed by atoms with Crippen LogP contribution in [0.5, 0.6) is 0 Å². The molecule has 0 bridgehead atoms. The second kappa shape index (κ2) is 20.3. The smallest absolute Gasteiger partial charge is 0.171 e. The monoisotopic (exact) mass is 1200 g/mol. The summed E-state index contributed by atoms with van der Waals surface area (Å²) in [6.07, 6.45) is 0. The molecule has 20 aromatic rings. The van der Waals surface area contributed by atoms with Gasteiger partial charge in [0.05, 0.1) is 22.2 Å². The zero-order valence-corrected chi connectivity index (χ0v) is 49.9. The van der Waals surface area contributed by atoms with Crippen molar-refractivity contribution in [3.63, 3.8) is 0 Å². The zero-order chi connectivity index (χ0) is 60.6. The fraction of sp³-hybridized carbons (Fsp3) is 0. The molecule has 0 saturated heterocycles. The van der Waals surface area contributed by atoms with Gasteiger partial charge in [0.15, 0.2) is 7.14 Å². The molecule has 0 N–H and O–H groups in total. The number of hydrogen-bond donors (Lipinski definition) is 0. The van der Waals surface area contributed by atoms with Gasteiger partial charge in [-0.3, -0.25) is 0 Å². The molecular formula is C83H48NO7P. The second-order valence-electron chi connectivity index (χ2n) is 23.4. The van der Waals surface area contributed by atoms with Crippen molar-refractivity contribution in [2.24, 2.45) is 0 Å². The summed E-state index contributed by atoms with van der Waals surface area (Å²) in [6.45, 7) is 0. The predicted molar refractivity (Wildman–Crippen MR) is 375 cm³/mol. The van der Waals surface area contributed by atoms with E-state index >= 15 is 0 Å². The fourth-order valence-electron chi connectivity index (χ4n) is 14.0. The molecule has 0 amide bonds. The number of aromatic nitrogens is 1. The minimum Gasteiger partial charge on any atom is -0.456 e. The molecule has 8 nitrogen and oxygen atoms in total. The quantitative estimate of drug-likeness (QED) is 0.145. The molecule has 20 rings (SSSR count). The summed E-state index contributed by atoms with van der Waals surface area (Å²) < 4.78 is 54.6. The Morgan fingerprint density at radius 3 is 1.03 bits per heavy atom. The molecule has 7 aromatic heterocycles. The normalized spacial score (nSPS) is 12.2. The van der Waals surface area contributed by atoms with Gasteiger partial charge in [0.25, 0.3) is 0 Å². The summed E-state index contributed by atoms with van der Waals surface area (Å²) >= 11 is 0. The van der Waals surface area contributed by atoms with Gasteiger partial charge in [0.1, 0.15) is 67.0 Å². The van der Waals surface area contributed by atoms with E-state index in [1.807, 2.05) is 194 Å². The van der Waals surface area contributed by atoms with E-state index in [4.69, 9.17) is 31.5 Å². The van der Waals surface area contributed by atoms with E-state index in [-0.39, 0.29) is 0 Å². The third kappa shape index (κ3) is 7.91. The van der Waals surface area contributed by atoms with Crippen molar-refractivity contribution in [1.82, 2.24) is 4.98 Å². The molecule has 92 heavy (non-hydrogen) atoms. The number of nitrogens with zero attached hydrogens (tertiary/aromatic N) is 1. The molecule has 7 heterocycles. The Balaban J connectivity index is 0.000000132. The van der Waals surface area contributed by atoms with E-state index in [9.17, 15) is 4.57 Å². The van der Waals surface area contributed by atoms with Gasteiger partial charge in [0.2, 0.25) is 0 Å². The minimum absolute atomic E-state index is 0.755.